The minimum absolute atomic E-state index is 0.116. The summed E-state index contributed by atoms with van der Waals surface area (Å²) < 4.78 is 43.5. The van der Waals surface area contributed by atoms with Gasteiger partial charge in [-0.25, -0.2) is 13.8 Å². The molecule has 1 rings (SSSR count). The molecule has 0 radical (unpaired) electrons. The molecule has 0 atom stereocenters. The van der Waals surface area contributed by atoms with Crippen molar-refractivity contribution >= 4 is 17.6 Å². The number of alkyl halides is 3. The Labute approximate surface area is 107 Å². The zero-order valence-electron chi connectivity index (χ0n) is 9.55. The molecule has 0 aliphatic heterocycles. The number of nitrogens with zero attached hydrogens (tertiary/aromatic N) is 1. The van der Waals surface area contributed by atoms with Crippen LogP contribution in [0.15, 0.2) is 6.07 Å². The highest BCUT2D eigenvalue weighted by molar-refractivity contribution is 6.17. The number of carbonyl (C=O) groups is 1. The van der Waals surface area contributed by atoms with Crippen LogP contribution in [0.2, 0.25) is 0 Å². The maximum absolute atomic E-state index is 13.3. The number of carbonyl (C=O) groups excluding carboxylic acids is 1. The number of aromatic nitrogens is 1. The normalized spacial score (nSPS) is 10.8. The van der Waals surface area contributed by atoms with E-state index in [0.29, 0.717) is 0 Å². The van der Waals surface area contributed by atoms with Gasteiger partial charge in [0.2, 0.25) is 5.95 Å². The summed E-state index contributed by atoms with van der Waals surface area (Å²) in [5, 5.41) is 0. The van der Waals surface area contributed by atoms with Crippen LogP contribution in [-0.4, -0.2) is 17.6 Å². The van der Waals surface area contributed by atoms with Crippen molar-refractivity contribution in [1.29, 1.82) is 0 Å². The zero-order chi connectivity index (χ0) is 13.7. The second kappa shape index (κ2) is 6.58. The summed E-state index contributed by atoms with van der Waals surface area (Å²) in [4.78, 5) is 14.6. The highest BCUT2D eigenvalue weighted by Gasteiger charge is 2.20. The van der Waals surface area contributed by atoms with E-state index in [2.05, 4.69) is 9.72 Å². The number of ether oxygens (including phenoxy) is 1. The van der Waals surface area contributed by atoms with Crippen LogP contribution in [0.25, 0.3) is 0 Å². The lowest BCUT2D eigenvalue weighted by Crippen LogP contribution is -2.13. The van der Waals surface area contributed by atoms with Gasteiger partial charge in [-0.05, 0) is 13.0 Å². The smallest absolute Gasteiger partial charge is 0.311 e. The highest BCUT2D eigenvalue weighted by Crippen LogP contribution is 2.25. The van der Waals surface area contributed by atoms with E-state index < -0.39 is 30.3 Å². The summed E-state index contributed by atoms with van der Waals surface area (Å²) in [6, 6.07) is 0.925. The maximum Gasteiger partial charge on any atom is 0.311 e. The minimum Gasteiger partial charge on any atom is -0.466 e. The monoisotopic (exact) mass is 281 g/mol. The molecule has 3 nitrogen and oxygen atoms in total. The Bertz CT molecular complexity index is 441. The molecule has 1 heterocycles. The number of pyridine rings is 1. The lowest BCUT2D eigenvalue weighted by atomic mass is 10.1. The van der Waals surface area contributed by atoms with Crippen LogP contribution in [0.3, 0.4) is 0 Å². The molecule has 18 heavy (non-hydrogen) atoms. The Balaban J connectivity index is 3.09. The van der Waals surface area contributed by atoms with E-state index in [0.717, 1.165) is 6.07 Å². The van der Waals surface area contributed by atoms with Crippen molar-refractivity contribution in [2.45, 2.75) is 25.7 Å². The first-order valence-corrected chi connectivity index (χ1v) is 5.71. The second-order valence-electron chi connectivity index (χ2n) is 3.39. The van der Waals surface area contributed by atoms with Crippen LogP contribution in [0.1, 0.15) is 30.2 Å². The lowest BCUT2D eigenvalue weighted by Gasteiger charge is -2.10. The van der Waals surface area contributed by atoms with Crippen LogP contribution >= 0.6 is 11.6 Å². The highest BCUT2D eigenvalue weighted by atomic mass is 35.5. The molecular weight excluding hydrogens is 271 g/mol. The summed E-state index contributed by atoms with van der Waals surface area (Å²) in [6.45, 7) is 1.70. The summed E-state index contributed by atoms with van der Waals surface area (Å²) >= 11 is 5.40. The summed E-state index contributed by atoms with van der Waals surface area (Å²) in [6.07, 6.45) is -3.35. The summed E-state index contributed by atoms with van der Waals surface area (Å²) in [7, 11) is 0. The van der Waals surface area contributed by atoms with Gasteiger partial charge in [0.05, 0.1) is 24.6 Å². The number of halogens is 4. The van der Waals surface area contributed by atoms with E-state index in [9.17, 15) is 18.0 Å². The molecule has 1 aromatic rings. The summed E-state index contributed by atoms with van der Waals surface area (Å²) in [5.41, 5.74) is -0.950. The molecule has 1 aromatic heterocycles. The van der Waals surface area contributed by atoms with Crippen molar-refractivity contribution in [3.8, 4) is 0 Å². The van der Waals surface area contributed by atoms with Crippen molar-refractivity contribution < 1.29 is 22.7 Å². The molecule has 0 saturated heterocycles. The van der Waals surface area contributed by atoms with Gasteiger partial charge in [0.25, 0.3) is 6.43 Å². The third kappa shape index (κ3) is 3.60. The van der Waals surface area contributed by atoms with Crippen LogP contribution < -0.4 is 0 Å². The maximum atomic E-state index is 13.3. The molecule has 100 valence electrons. The first-order chi connectivity index (χ1) is 8.49. The van der Waals surface area contributed by atoms with E-state index in [1.807, 2.05) is 0 Å². The molecule has 0 fully saturated rings. The van der Waals surface area contributed by atoms with Gasteiger partial charge in [-0.2, -0.15) is 4.39 Å². The average Bonchev–Trinajstić information content (AvgIpc) is 2.29. The fourth-order valence-electron chi connectivity index (χ4n) is 1.36. The Hall–Kier alpha value is -1.30. The third-order valence-electron chi connectivity index (χ3n) is 2.16. The minimum atomic E-state index is -2.86. The molecule has 0 amide bonds. The standard InChI is InChI=1S/C11H11ClF3NO2/c1-2-18-9(17)4-8-7(10(13)14)3-6(5-12)11(15)16-8/h3,10H,2,4-5H2,1H3. The van der Waals surface area contributed by atoms with Crippen molar-refractivity contribution in [2.75, 3.05) is 6.61 Å². The number of hydrogen-bond donors (Lipinski definition) is 0. The van der Waals surface area contributed by atoms with Gasteiger partial charge < -0.3 is 4.74 Å². The van der Waals surface area contributed by atoms with E-state index in [-0.39, 0.29) is 23.7 Å². The zero-order valence-corrected chi connectivity index (χ0v) is 10.3. The molecule has 7 heteroatoms. The molecule has 0 unspecified atom stereocenters. The van der Waals surface area contributed by atoms with E-state index in [1.165, 1.54) is 0 Å². The van der Waals surface area contributed by atoms with Crippen molar-refractivity contribution in [3.63, 3.8) is 0 Å². The fraction of sp³-hybridized carbons (Fsp3) is 0.455. The van der Waals surface area contributed by atoms with Crippen LogP contribution in [-0.2, 0) is 21.8 Å². The Morgan fingerprint density at radius 2 is 2.22 bits per heavy atom. The number of hydrogen-bond acceptors (Lipinski definition) is 3. The molecule has 0 N–H and O–H groups in total. The van der Waals surface area contributed by atoms with E-state index in [4.69, 9.17) is 11.6 Å². The number of esters is 1. The van der Waals surface area contributed by atoms with Gasteiger partial charge in [-0.15, -0.1) is 11.6 Å². The van der Waals surface area contributed by atoms with Crippen molar-refractivity contribution in [1.82, 2.24) is 4.98 Å². The average molecular weight is 282 g/mol. The lowest BCUT2D eigenvalue weighted by molar-refractivity contribution is -0.142. The molecule has 0 saturated carbocycles. The largest absolute Gasteiger partial charge is 0.466 e. The molecule has 0 aromatic carbocycles. The number of rotatable bonds is 5. The van der Waals surface area contributed by atoms with Gasteiger partial charge in [-0.3, -0.25) is 4.79 Å². The molecular formula is C11H11ClF3NO2. The first kappa shape index (κ1) is 14.8. The Morgan fingerprint density at radius 3 is 2.72 bits per heavy atom. The molecule has 0 spiro atoms. The molecule has 0 aliphatic carbocycles. The summed E-state index contributed by atoms with van der Waals surface area (Å²) in [5.74, 6) is -1.95. The first-order valence-electron chi connectivity index (χ1n) is 5.17. The molecule has 0 bridgehead atoms. The fourth-order valence-corrected chi connectivity index (χ4v) is 1.55. The van der Waals surface area contributed by atoms with E-state index in [1.54, 1.807) is 6.92 Å². The van der Waals surface area contributed by atoms with Crippen LogP contribution in [0.4, 0.5) is 13.2 Å². The van der Waals surface area contributed by atoms with Gasteiger partial charge in [0.1, 0.15) is 0 Å². The Morgan fingerprint density at radius 1 is 1.56 bits per heavy atom. The quantitative estimate of drug-likeness (QED) is 0.473. The SMILES string of the molecule is CCOC(=O)Cc1nc(F)c(CCl)cc1C(F)F. The van der Waals surface area contributed by atoms with Crippen LogP contribution in [0.5, 0.6) is 0 Å². The topological polar surface area (TPSA) is 39.2 Å². The van der Waals surface area contributed by atoms with Crippen molar-refractivity contribution in [3.05, 3.63) is 28.8 Å². The van der Waals surface area contributed by atoms with Gasteiger partial charge in [-0.1, -0.05) is 0 Å². The second-order valence-corrected chi connectivity index (χ2v) is 3.66. The predicted octanol–water partition coefficient (Wildman–Crippen LogP) is 3.00. The Kier molecular flexibility index (Phi) is 5.40. The van der Waals surface area contributed by atoms with Crippen molar-refractivity contribution in [2.24, 2.45) is 0 Å². The van der Waals surface area contributed by atoms with Crippen LogP contribution in [0, 0.1) is 5.95 Å². The van der Waals surface area contributed by atoms with E-state index >= 15 is 0 Å². The third-order valence-corrected chi connectivity index (χ3v) is 2.45. The predicted molar refractivity (Wildman–Crippen MR) is 59.0 cm³/mol. The molecule has 0 aliphatic rings. The van der Waals surface area contributed by atoms with Gasteiger partial charge >= 0.3 is 5.97 Å². The van der Waals surface area contributed by atoms with Gasteiger partial charge in [0.15, 0.2) is 0 Å². The van der Waals surface area contributed by atoms with Gasteiger partial charge in [0, 0.05) is 11.1 Å².